The quantitative estimate of drug-likeness (QED) is 0.0561. The smallest absolute Gasteiger partial charge is 0.186 e. The van der Waals surface area contributed by atoms with Gasteiger partial charge in [-0.25, -0.2) is 0 Å². The summed E-state index contributed by atoms with van der Waals surface area (Å²) in [6.45, 7) is 4.60. The zero-order chi connectivity index (χ0) is 28.7. The van der Waals surface area contributed by atoms with Crippen LogP contribution in [0.25, 0.3) is 0 Å². The van der Waals surface area contributed by atoms with Gasteiger partial charge >= 0.3 is 0 Å². The number of allylic oxidation sites excluding steroid dienone is 2. The highest BCUT2D eigenvalue weighted by molar-refractivity contribution is 4.89. The van der Waals surface area contributed by atoms with Crippen molar-refractivity contribution in [1.82, 2.24) is 5.32 Å². The summed E-state index contributed by atoms with van der Waals surface area (Å²) in [5.41, 5.74) is 0. The van der Waals surface area contributed by atoms with Crippen molar-refractivity contribution < 1.29 is 39.7 Å². The van der Waals surface area contributed by atoms with Crippen molar-refractivity contribution in [2.75, 3.05) is 26.6 Å². The Hall–Kier alpha value is -0.620. The predicted molar refractivity (Wildman–Crippen MR) is 153 cm³/mol. The Morgan fingerprint density at radius 3 is 2.03 bits per heavy atom. The fraction of sp³-hybridized carbons (Fsp3) is 0.933. The van der Waals surface area contributed by atoms with Gasteiger partial charge in [0.15, 0.2) is 6.29 Å². The minimum Gasteiger partial charge on any atom is -0.394 e. The highest BCUT2D eigenvalue weighted by Crippen LogP contribution is 2.22. The number of nitrogens with one attached hydrogen (secondary N) is 1. The topological polar surface area (TPSA) is 141 Å². The largest absolute Gasteiger partial charge is 0.394 e. The van der Waals surface area contributed by atoms with Gasteiger partial charge in [-0.05, 0) is 38.5 Å². The molecule has 9 nitrogen and oxygen atoms in total. The molecule has 9 heteroatoms. The number of unbranched alkanes of at least 4 members (excludes halogenated alkanes) is 11. The van der Waals surface area contributed by atoms with Crippen LogP contribution in [0.1, 0.15) is 110 Å². The fourth-order valence-electron chi connectivity index (χ4n) is 4.72. The summed E-state index contributed by atoms with van der Waals surface area (Å²) in [5, 5.41) is 53.0. The van der Waals surface area contributed by atoms with E-state index in [9.17, 15) is 25.5 Å². The van der Waals surface area contributed by atoms with E-state index in [0.717, 1.165) is 19.3 Å². The van der Waals surface area contributed by atoms with E-state index in [4.69, 9.17) is 14.2 Å². The molecule has 0 amide bonds. The van der Waals surface area contributed by atoms with E-state index in [-0.39, 0.29) is 13.3 Å². The maximum atomic E-state index is 10.5. The lowest BCUT2D eigenvalue weighted by Crippen LogP contribution is -2.59. The van der Waals surface area contributed by atoms with Gasteiger partial charge in [0, 0.05) is 6.61 Å². The molecule has 0 bridgehead atoms. The number of hydrogen-bond donors (Lipinski definition) is 6. The Labute approximate surface area is 236 Å². The van der Waals surface area contributed by atoms with Gasteiger partial charge in [0.1, 0.15) is 24.4 Å². The van der Waals surface area contributed by atoms with Crippen molar-refractivity contribution >= 4 is 0 Å². The van der Waals surface area contributed by atoms with E-state index < -0.39 is 49.5 Å². The molecule has 1 saturated heterocycles. The zero-order valence-corrected chi connectivity index (χ0v) is 24.6. The summed E-state index contributed by atoms with van der Waals surface area (Å²) in [6.07, 6.45) is 15.0. The van der Waals surface area contributed by atoms with Crippen LogP contribution in [0.3, 0.4) is 0 Å². The minimum atomic E-state index is -1.50. The molecule has 1 fully saturated rings. The van der Waals surface area contributed by atoms with Gasteiger partial charge in [-0.1, -0.05) is 83.8 Å². The lowest BCUT2D eigenvalue weighted by atomic mass is 9.99. The van der Waals surface area contributed by atoms with E-state index in [1.807, 2.05) is 6.92 Å². The van der Waals surface area contributed by atoms with E-state index in [1.165, 1.54) is 70.6 Å². The molecule has 0 spiro atoms. The average Bonchev–Trinajstić information content (AvgIpc) is 2.93. The maximum absolute atomic E-state index is 10.5. The van der Waals surface area contributed by atoms with E-state index in [0.29, 0.717) is 13.0 Å². The fourth-order valence-corrected chi connectivity index (χ4v) is 4.72. The Balaban J connectivity index is 2.13. The molecule has 7 atom stereocenters. The van der Waals surface area contributed by atoms with Gasteiger partial charge in [-0.15, -0.1) is 0 Å². The maximum Gasteiger partial charge on any atom is 0.186 e. The molecule has 1 rings (SSSR count). The molecular formula is C30H59NO8. The predicted octanol–water partition coefficient (Wildman–Crippen LogP) is 3.54. The summed E-state index contributed by atoms with van der Waals surface area (Å²) in [4.78, 5) is 0. The van der Waals surface area contributed by atoms with Gasteiger partial charge in [0.05, 0.1) is 32.1 Å². The number of rotatable bonds is 25. The minimum absolute atomic E-state index is 0.000617. The molecule has 0 aromatic rings. The molecule has 39 heavy (non-hydrogen) atoms. The normalized spacial score (nSPS) is 25.4. The highest BCUT2D eigenvalue weighted by atomic mass is 16.7. The van der Waals surface area contributed by atoms with Gasteiger partial charge in [-0.2, -0.15) is 0 Å². The summed E-state index contributed by atoms with van der Waals surface area (Å²) < 4.78 is 16.7. The van der Waals surface area contributed by atoms with Gasteiger partial charge in [0.2, 0.25) is 0 Å². The SMILES string of the molecule is CCCCCCCC/C=C/CCCCCCCOCNC(CO[C@H]1OC(CO)[C@H](O)C(O)C1O)C(O)CCC. The third-order valence-corrected chi connectivity index (χ3v) is 7.34. The van der Waals surface area contributed by atoms with Crippen LogP contribution in [0.4, 0.5) is 0 Å². The van der Waals surface area contributed by atoms with Crippen molar-refractivity contribution in [2.24, 2.45) is 0 Å². The third kappa shape index (κ3) is 16.4. The van der Waals surface area contributed by atoms with Gasteiger partial charge in [0.25, 0.3) is 0 Å². The van der Waals surface area contributed by atoms with Crippen LogP contribution >= 0.6 is 0 Å². The zero-order valence-electron chi connectivity index (χ0n) is 24.6. The summed E-state index contributed by atoms with van der Waals surface area (Å²) in [5.74, 6) is 0. The lowest BCUT2D eigenvalue weighted by molar-refractivity contribution is -0.303. The second-order valence-corrected chi connectivity index (χ2v) is 10.8. The van der Waals surface area contributed by atoms with E-state index in [1.54, 1.807) is 0 Å². The van der Waals surface area contributed by atoms with Crippen LogP contribution in [0.5, 0.6) is 0 Å². The molecule has 0 aromatic heterocycles. The lowest BCUT2D eigenvalue weighted by Gasteiger charge is -2.40. The van der Waals surface area contributed by atoms with E-state index in [2.05, 4.69) is 24.4 Å². The Morgan fingerprint density at radius 1 is 0.795 bits per heavy atom. The molecular weight excluding hydrogens is 502 g/mol. The van der Waals surface area contributed by atoms with Crippen LogP contribution < -0.4 is 5.32 Å². The Morgan fingerprint density at radius 2 is 1.41 bits per heavy atom. The molecule has 232 valence electrons. The van der Waals surface area contributed by atoms with Crippen LogP contribution in [-0.4, -0.2) is 94.9 Å². The van der Waals surface area contributed by atoms with Gasteiger partial charge in [-0.3, -0.25) is 5.32 Å². The van der Waals surface area contributed by atoms with E-state index >= 15 is 0 Å². The monoisotopic (exact) mass is 561 g/mol. The molecule has 5 unspecified atom stereocenters. The number of aliphatic hydroxyl groups is 5. The number of aliphatic hydroxyl groups excluding tert-OH is 5. The first kappa shape index (κ1) is 36.4. The first-order valence-corrected chi connectivity index (χ1v) is 15.5. The van der Waals surface area contributed by atoms with Crippen molar-refractivity contribution in [2.45, 2.75) is 153 Å². The number of hydrogen-bond acceptors (Lipinski definition) is 9. The van der Waals surface area contributed by atoms with Crippen LogP contribution in [0.15, 0.2) is 12.2 Å². The van der Waals surface area contributed by atoms with Crippen molar-refractivity contribution in [3.8, 4) is 0 Å². The molecule has 1 aliphatic heterocycles. The second-order valence-electron chi connectivity index (χ2n) is 10.8. The summed E-state index contributed by atoms with van der Waals surface area (Å²) in [7, 11) is 0. The molecule has 0 aliphatic carbocycles. The average molecular weight is 562 g/mol. The van der Waals surface area contributed by atoms with Gasteiger partial charge < -0.3 is 39.7 Å². The summed E-state index contributed by atoms with van der Waals surface area (Å²) in [6, 6.07) is -0.466. The standard InChI is InChI=1S/C30H59NO8/c1-3-5-6-7-8-9-10-11-12-13-14-15-16-17-18-20-37-23-31-24(25(33)19-4-2)22-38-30-29(36)28(35)27(34)26(21-32)39-30/h11-12,24-36H,3-10,13-23H2,1-2H3/b12-11+/t24?,25?,26?,27-,28?,29?,30-/m0/s1. The third-order valence-electron chi connectivity index (χ3n) is 7.34. The van der Waals surface area contributed by atoms with Crippen LogP contribution in [-0.2, 0) is 14.2 Å². The van der Waals surface area contributed by atoms with Crippen molar-refractivity contribution in [3.63, 3.8) is 0 Å². The second kappa shape index (κ2) is 24.0. The molecule has 0 aromatic carbocycles. The molecule has 1 heterocycles. The summed E-state index contributed by atoms with van der Waals surface area (Å²) >= 11 is 0. The van der Waals surface area contributed by atoms with Crippen molar-refractivity contribution in [3.05, 3.63) is 12.2 Å². The van der Waals surface area contributed by atoms with Crippen molar-refractivity contribution in [1.29, 1.82) is 0 Å². The highest BCUT2D eigenvalue weighted by Gasteiger charge is 2.44. The first-order valence-electron chi connectivity index (χ1n) is 15.5. The first-order chi connectivity index (χ1) is 19.0. The molecule has 0 radical (unpaired) electrons. The number of ether oxygens (including phenoxy) is 3. The molecule has 0 saturated carbocycles. The van der Waals surface area contributed by atoms with Crippen LogP contribution in [0.2, 0.25) is 0 Å². The Kier molecular flexibility index (Phi) is 22.4. The molecule has 1 aliphatic rings. The molecule has 6 N–H and O–H groups in total. The van der Waals surface area contributed by atoms with Crippen LogP contribution in [0, 0.1) is 0 Å². The Bertz CT molecular complexity index is 579.